The summed E-state index contributed by atoms with van der Waals surface area (Å²) < 4.78 is 23.0. The highest BCUT2D eigenvalue weighted by Crippen LogP contribution is 2.37. The lowest BCUT2D eigenvalue weighted by molar-refractivity contribution is 0.303. The van der Waals surface area contributed by atoms with Crippen molar-refractivity contribution in [1.29, 1.82) is 0 Å². The average Bonchev–Trinajstić information content (AvgIpc) is 2.40. The van der Waals surface area contributed by atoms with Crippen LogP contribution in [0.1, 0.15) is 24.8 Å². The third kappa shape index (κ3) is 3.88. The Balaban J connectivity index is 2.32. The largest absolute Gasteiger partial charge is 0.316 e. The number of hydrogen-bond acceptors (Lipinski definition) is 3. The van der Waals surface area contributed by atoms with E-state index in [0.29, 0.717) is 16.5 Å². The number of sulfone groups is 1. The van der Waals surface area contributed by atoms with Crippen LogP contribution in [0.2, 0.25) is 10.0 Å². The van der Waals surface area contributed by atoms with Gasteiger partial charge in [-0.25, -0.2) is 8.42 Å². The van der Waals surface area contributed by atoms with E-state index >= 15 is 0 Å². The lowest BCUT2D eigenvalue weighted by Gasteiger charge is -2.38. The number of rotatable bonds is 4. The molecule has 112 valence electrons. The van der Waals surface area contributed by atoms with Gasteiger partial charge in [0.25, 0.3) is 0 Å². The van der Waals surface area contributed by atoms with Crippen LogP contribution in [0.4, 0.5) is 0 Å². The quantitative estimate of drug-likeness (QED) is 0.919. The molecule has 1 heterocycles. The van der Waals surface area contributed by atoms with Crippen LogP contribution >= 0.6 is 23.2 Å². The smallest absolute Gasteiger partial charge is 0.147 e. The van der Waals surface area contributed by atoms with Gasteiger partial charge in [0, 0.05) is 18.2 Å². The Morgan fingerprint density at radius 2 is 2.05 bits per heavy atom. The molecule has 0 radical (unpaired) electrons. The van der Waals surface area contributed by atoms with E-state index in [-0.39, 0.29) is 11.2 Å². The van der Waals surface area contributed by atoms with Gasteiger partial charge in [-0.2, -0.15) is 0 Å². The van der Waals surface area contributed by atoms with E-state index in [1.807, 2.05) is 12.1 Å². The van der Waals surface area contributed by atoms with Crippen molar-refractivity contribution in [3.05, 3.63) is 33.8 Å². The molecule has 1 aromatic rings. The van der Waals surface area contributed by atoms with E-state index < -0.39 is 9.84 Å². The summed E-state index contributed by atoms with van der Waals surface area (Å²) >= 11 is 12.1. The molecule has 0 unspecified atom stereocenters. The van der Waals surface area contributed by atoms with Gasteiger partial charge in [-0.05, 0) is 43.5 Å². The second-order valence-electron chi connectivity index (χ2n) is 5.57. The molecule has 0 bridgehead atoms. The summed E-state index contributed by atoms with van der Waals surface area (Å²) in [4.78, 5) is 0. The highest BCUT2D eigenvalue weighted by atomic mass is 35.5. The van der Waals surface area contributed by atoms with Gasteiger partial charge in [0.2, 0.25) is 0 Å². The molecular formula is C14H19Cl2NO2S. The first-order valence-corrected chi connectivity index (χ1v) is 9.48. The van der Waals surface area contributed by atoms with Crippen LogP contribution in [-0.4, -0.2) is 33.5 Å². The first-order valence-electron chi connectivity index (χ1n) is 6.66. The maximum absolute atomic E-state index is 11.5. The lowest BCUT2D eigenvalue weighted by Crippen LogP contribution is -2.44. The minimum Gasteiger partial charge on any atom is -0.316 e. The van der Waals surface area contributed by atoms with Crippen molar-refractivity contribution in [2.45, 2.75) is 24.7 Å². The topological polar surface area (TPSA) is 46.2 Å². The maximum atomic E-state index is 11.5. The van der Waals surface area contributed by atoms with Crippen LogP contribution in [0.15, 0.2) is 18.2 Å². The second-order valence-corrected chi connectivity index (χ2v) is 8.64. The summed E-state index contributed by atoms with van der Waals surface area (Å²) in [6.45, 7) is 1.75. The van der Waals surface area contributed by atoms with Gasteiger partial charge >= 0.3 is 0 Å². The van der Waals surface area contributed by atoms with Gasteiger partial charge in [-0.1, -0.05) is 29.3 Å². The summed E-state index contributed by atoms with van der Waals surface area (Å²) in [7, 11) is -2.97. The molecule has 20 heavy (non-hydrogen) atoms. The third-order valence-corrected chi connectivity index (χ3v) is 5.64. The number of nitrogens with one attached hydrogen (secondary N) is 1. The van der Waals surface area contributed by atoms with E-state index in [4.69, 9.17) is 23.2 Å². The summed E-state index contributed by atoms with van der Waals surface area (Å²) in [5.41, 5.74) is 0.901. The molecule has 0 aliphatic carbocycles. The SMILES string of the molecule is CS(=O)(=O)CC[C@]1(c2ccc(Cl)c(Cl)c2)CCCNC1. The van der Waals surface area contributed by atoms with E-state index in [1.165, 1.54) is 6.26 Å². The van der Waals surface area contributed by atoms with Crippen molar-refractivity contribution in [3.8, 4) is 0 Å². The fraction of sp³-hybridized carbons (Fsp3) is 0.571. The molecule has 3 nitrogen and oxygen atoms in total. The fourth-order valence-electron chi connectivity index (χ4n) is 2.78. The zero-order valence-corrected chi connectivity index (χ0v) is 13.8. The summed E-state index contributed by atoms with van der Waals surface area (Å²) in [5.74, 6) is 0.189. The van der Waals surface area contributed by atoms with Crippen LogP contribution < -0.4 is 5.32 Å². The van der Waals surface area contributed by atoms with Crippen molar-refractivity contribution in [2.75, 3.05) is 25.1 Å². The number of piperidine rings is 1. The normalized spacial score (nSPS) is 23.8. The highest BCUT2D eigenvalue weighted by molar-refractivity contribution is 7.90. The third-order valence-electron chi connectivity index (χ3n) is 3.96. The van der Waals surface area contributed by atoms with Gasteiger partial charge in [-0.3, -0.25) is 0 Å². The molecule has 1 fully saturated rings. The van der Waals surface area contributed by atoms with Crippen molar-refractivity contribution >= 4 is 33.0 Å². The van der Waals surface area contributed by atoms with Gasteiger partial charge in [-0.15, -0.1) is 0 Å². The molecule has 0 saturated carbocycles. The predicted molar refractivity (Wildman–Crippen MR) is 84.6 cm³/mol. The Bertz CT molecular complexity index is 581. The minimum absolute atomic E-state index is 0.171. The molecule has 1 atom stereocenters. The Kier molecular flexibility index (Phi) is 5.00. The van der Waals surface area contributed by atoms with Gasteiger partial charge < -0.3 is 5.32 Å². The monoisotopic (exact) mass is 335 g/mol. The van der Waals surface area contributed by atoms with Crippen molar-refractivity contribution in [3.63, 3.8) is 0 Å². The molecule has 0 aromatic heterocycles. The average molecular weight is 336 g/mol. The van der Waals surface area contributed by atoms with Crippen molar-refractivity contribution in [1.82, 2.24) is 5.32 Å². The highest BCUT2D eigenvalue weighted by Gasteiger charge is 2.34. The summed E-state index contributed by atoms with van der Waals surface area (Å²) in [5, 5.41) is 4.42. The molecule has 1 saturated heterocycles. The lowest BCUT2D eigenvalue weighted by atomic mass is 9.73. The van der Waals surface area contributed by atoms with Gasteiger partial charge in [0.1, 0.15) is 9.84 Å². The Morgan fingerprint density at radius 3 is 2.60 bits per heavy atom. The predicted octanol–water partition coefficient (Wildman–Crippen LogP) is 3.05. The minimum atomic E-state index is -2.97. The maximum Gasteiger partial charge on any atom is 0.147 e. The van der Waals surface area contributed by atoms with Gasteiger partial charge in [0.15, 0.2) is 0 Å². The molecule has 6 heteroatoms. The molecule has 1 aliphatic rings. The standard InChI is InChI=1S/C14H19Cl2NO2S/c1-20(18,19)8-6-14(5-2-7-17-10-14)11-3-4-12(15)13(16)9-11/h3-4,9,17H,2,5-8,10H2,1H3/t14-/m1/s1. The Labute approximate surface area is 130 Å². The van der Waals surface area contributed by atoms with E-state index in [2.05, 4.69) is 5.32 Å². The van der Waals surface area contributed by atoms with Crippen LogP contribution in [0.3, 0.4) is 0 Å². The second kappa shape index (κ2) is 6.22. The Morgan fingerprint density at radius 1 is 1.30 bits per heavy atom. The molecule has 1 N–H and O–H groups in total. The Hall–Kier alpha value is -0.290. The molecule has 1 aliphatic heterocycles. The molecule has 1 aromatic carbocycles. The summed E-state index contributed by atoms with van der Waals surface area (Å²) in [6, 6.07) is 5.62. The molecule has 2 rings (SSSR count). The van der Waals surface area contributed by atoms with Crippen molar-refractivity contribution in [2.24, 2.45) is 0 Å². The van der Waals surface area contributed by atoms with Crippen LogP contribution in [0, 0.1) is 0 Å². The van der Waals surface area contributed by atoms with Crippen LogP contribution in [0.25, 0.3) is 0 Å². The zero-order valence-electron chi connectivity index (χ0n) is 11.5. The summed E-state index contributed by atoms with van der Waals surface area (Å²) in [6.07, 6.45) is 3.89. The van der Waals surface area contributed by atoms with Crippen molar-refractivity contribution < 1.29 is 8.42 Å². The molecule has 0 spiro atoms. The number of benzene rings is 1. The molecule has 0 amide bonds. The van der Waals surface area contributed by atoms with Crippen LogP contribution in [0.5, 0.6) is 0 Å². The van der Waals surface area contributed by atoms with E-state index in [9.17, 15) is 8.42 Å². The molecular weight excluding hydrogens is 317 g/mol. The van der Waals surface area contributed by atoms with E-state index in [0.717, 1.165) is 31.5 Å². The van der Waals surface area contributed by atoms with E-state index in [1.54, 1.807) is 6.07 Å². The number of hydrogen-bond donors (Lipinski definition) is 1. The van der Waals surface area contributed by atoms with Gasteiger partial charge in [0.05, 0.1) is 15.8 Å². The number of halogens is 2. The first kappa shape index (κ1) is 16.1. The fourth-order valence-corrected chi connectivity index (χ4v) is 3.84. The first-order chi connectivity index (χ1) is 9.32. The zero-order chi connectivity index (χ0) is 14.8. The van der Waals surface area contributed by atoms with Crippen LogP contribution in [-0.2, 0) is 15.3 Å².